The number of hydrogen-bond acceptors (Lipinski definition) is 4. The van der Waals surface area contributed by atoms with Gasteiger partial charge in [0.1, 0.15) is 6.33 Å². The minimum absolute atomic E-state index is 0.0776. The van der Waals surface area contributed by atoms with Crippen LogP contribution in [0.3, 0.4) is 0 Å². The molecule has 0 spiro atoms. The molecule has 1 aliphatic carbocycles. The molecule has 1 amide bonds. The molecule has 7 heteroatoms. The number of aromatic nitrogens is 5. The van der Waals surface area contributed by atoms with Crippen molar-refractivity contribution in [3.05, 3.63) is 48.7 Å². The highest BCUT2D eigenvalue weighted by Crippen LogP contribution is 2.28. The van der Waals surface area contributed by atoms with E-state index in [1.165, 1.54) is 0 Å². The fourth-order valence-electron chi connectivity index (χ4n) is 3.27. The van der Waals surface area contributed by atoms with Crippen LogP contribution in [0, 0.1) is 0 Å². The highest BCUT2D eigenvalue weighted by atomic mass is 16.1. The van der Waals surface area contributed by atoms with E-state index in [2.05, 4.69) is 20.6 Å². The topological polar surface area (TPSA) is 77.1 Å². The zero-order chi connectivity index (χ0) is 15.6. The van der Waals surface area contributed by atoms with Gasteiger partial charge < -0.3 is 5.32 Å². The Balaban J connectivity index is 1.41. The fraction of sp³-hybridized carbons (Fsp3) is 0.375. The van der Waals surface area contributed by atoms with Crippen molar-refractivity contribution < 1.29 is 4.79 Å². The van der Waals surface area contributed by atoms with Crippen molar-refractivity contribution in [3.8, 4) is 0 Å². The highest BCUT2D eigenvalue weighted by molar-refractivity contribution is 5.99. The van der Waals surface area contributed by atoms with Crippen LogP contribution in [0.4, 0.5) is 0 Å². The van der Waals surface area contributed by atoms with E-state index < -0.39 is 0 Å². The van der Waals surface area contributed by atoms with E-state index in [0.717, 1.165) is 25.7 Å². The van der Waals surface area contributed by atoms with Crippen LogP contribution in [-0.4, -0.2) is 36.3 Å². The van der Waals surface area contributed by atoms with Crippen molar-refractivity contribution in [1.82, 2.24) is 29.7 Å². The number of nitrogens with one attached hydrogen (secondary N) is 1. The monoisotopic (exact) mass is 310 g/mol. The van der Waals surface area contributed by atoms with Gasteiger partial charge in [0.2, 0.25) is 0 Å². The van der Waals surface area contributed by atoms with Crippen LogP contribution >= 0.6 is 0 Å². The minimum Gasteiger partial charge on any atom is -0.349 e. The van der Waals surface area contributed by atoms with E-state index in [1.807, 2.05) is 35.4 Å². The van der Waals surface area contributed by atoms with Crippen LogP contribution in [0.1, 0.15) is 42.1 Å². The van der Waals surface area contributed by atoms with E-state index in [1.54, 1.807) is 16.8 Å². The largest absolute Gasteiger partial charge is 0.349 e. The van der Waals surface area contributed by atoms with Crippen molar-refractivity contribution in [3.63, 3.8) is 0 Å². The molecule has 1 aliphatic rings. The molecule has 3 heterocycles. The molecule has 0 radical (unpaired) electrons. The number of pyridine rings is 1. The van der Waals surface area contributed by atoms with Crippen molar-refractivity contribution in [2.75, 3.05) is 0 Å². The van der Waals surface area contributed by atoms with E-state index in [9.17, 15) is 4.79 Å². The van der Waals surface area contributed by atoms with Crippen LogP contribution in [0.5, 0.6) is 0 Å². The molecule has 1 N–H and O–H groups in total. The van der Waals surface area contributed by atoms with Gasteiger partial charge >= 0.3 is 0 Å². The van der Waals surface area contributed by atoms with E-state index in [-0.39, 0.29) is 11.9 Å². The average Bonchev–Trinajstić information content (AvgIpc) is 3.26. The third-order valence-electron chi connectivity index (χ3n) is 4.50. The van der Waals surface area contributed by atoms with E-state index in [4.69, 9.17) is 0 Å². The van der Waals surface area contributed by atoms with Crippen LogP contribution in [-0.2, 0) is 0 Å². The number of hydrogen-bond donors (Lipinski definition) is 1. The number of amides is 1. The maximum absolute atomic E-state index is 12.5. The lowest BCUT2D eigenvalue weighted by Crippen LogP contribution is -2.38. The Kier molecular flexibility index (Phi) is 3.53. The van der Waals surface area contributed by atoms with Crippen LogP contribution in [0.2, 0.25) is 0 Å². The highest BCUT2D eigenvalue weighted by Gasteiger charge is 2.24. The lowest BCUT2D eigenvalue weighted by Gasteiger charge is -2.29. The quantitative estimate of drug-likeness (QED) is 0.801. The Labute approximate surface area is 133 Å². The SMILES string of the molecule is O=C(NC1CCC(n2cccn2)CC1)c1cccn2cnnc12. The van der Waals surface area contributed by atoms with Crippen molar-refractivity contribution in [2.45, 2.75) is 37.8 Å². The molecule has 7 nitrogen and oxygen atoms in total. The Hall–Kier alpha value is -2.70. The smallest absolute Gasteiger partial charge is 0.255 e. The van der Waals surface area contributed by atoms with Crippen molar-refractivity contribution >= 4 is 11.6 Å². The first kappa shape index (κ1) is 13.9. The summed E-state index contributed by atoms with van der Waals surface area (Å²) in [6.45, 7) is 0. The lowest BCUT2D eigenvalue weighted by atomic mass is 9.91. The molecule has 0 aromatic carbocycles. The van der Waals surface area contributed by atoms with Crippen LogP contribution < -0.4 is 5.32 Å². The maximum Gasteiger partial charge on any atom is 0.255 e. The molecule has 0 aliphatic heterocycles. The summed E-state index contributed by atoms with van der Waals surface area (Å²) in [4.78, 5) is 12.5. The number of rotatable bonds is 3. The standard InChI is InChI=1S/C16H18N6O/c23-16(14-3-1-9-21-11-17-20-15(14)21)19-12-4-6-13(7-5-12)22-10-2-8-18-22/h1-3,8-13H,4-7H2,(H,19,23). The molecular weight excluding hydrogens is 292 g/mol. The minimum atomic E-state index is -0.0776. The van der Waals surface area contributed by atoms with Crippen LogP contribution in [0.25, 0.3) is 5.65 Å². The molecular formula is C16H18N6O. The first-order valence-corrected chi connectivity index (χ1v) is 7.89. The lowest BCUT2D eigenvalue weighted by molar-refractivity contribution is 0.0923. The van der Waals surface area contributed by atoms with Crippen molar-refractivity contribution in [1.29, 1.82) is 0 Å². The maximum atomic E-state index is 12.5. The summed E-state index contributed by atoms with van der Waals surface area (Å²) in [6, 6.07) is 6.22. The van der Waals surface area contributed by atoms with Gasteiger partial charge in [-0.3, -0.25) is 13.9 Å². The molecule has 4 rings (SSSR count). The number of carbonyl (C=O) groups excluding carboxylic acids is 1. The summed E-state index contributed by atoms with van der Waals surface area (Å²) in [6.07, 6.45) is 11.2. The molecule has 23 heavy (non-hydrogen) atoms. The van der Waals surface area contributed by atoms with Gasteiger partial charge in [0.15, 0.2) is 5.65 Å². The molecule has 3 aromatic heterocycles. The molecule has 1 fully saturated rings. The summed E-state index contributed by atoms with van der Waals surface area (Å²) < 4.78 is 3.78. The summed E-state index contributed by atoms with van der Waals surface area (Å²) in [5, 5.41) is 15.3. The van der Waals surface area contributed by atoms with Crippen LogP contribution in [0.15, 0.2) is 43.1 Å². The molecule has 1 saturated carbocycles. The summed E-state index contributed by atoms with van der Waals surface area (Å²) in [5.41, 5.74) is 1.16. The summed E-state index contributed by atoms with van der Waals surface area (Å²) >= 11 is 0. The second kappa shape index (κ2) is 5.83. The Morgan fingerprint density at radius 3 is 2.83 bits per heavy atom. The predicted molar refractivity (Wildman–Crippen MR) is 84.0 cm³/mol. The molecule has 0 bridgehead atoms. The Morgan fingerprint density at radius 2 is 2.04 bits per heavy atom. The van der Waals surface area contributed by atoms with E-state index in [0.29, 0.717) is 17.3 Å². The van der Waals surface area contributed by atoms with Gasteiger partial charge in [0.25, 0.3) is 5.91 Å². The van der Waals surface area contributed by atoms with Gasteiger partial charge in [-0.1, -0.05) is 0 Å². The van der Waals surface area contributed by atoms with Gasteiger partial charge in [-0.15, -0.1) is 10.2 Å². The fourth-order valence-corrected chi connectivity index (χ4v) is 3.27. The summed E-state index contributed by atoms with van der Waals surface area (Å²) in [5.74, 6) is -0.0776. The normalized spacial score (nSPS) is 21.4. The molecule has 0 unspecified atom stereocenters. The van der Waals surface area contributed by atoms with E-state index >= 15 is 0 Å². The van der Waals surface area contributed by atoms with Gasteiger partial charge in [-0.25, -0.2) is 0 Å². The molecule has 3 aromatic rings. The second-order valence-electron chi connectivity index (χ2n) is 5.95. The summed E-state index contributed by atoms with van der Waals surface area (Å²) in [7, 11) is 0. The Morgan fingerprint density at radius 1 is 1.17 bits per heavy atom. The van der Waals surface area contributed by atoms with Gasteiger partial charge in [0.05, 0.1) is 11.6 Å². The zero-order valence-corrected chi connectivity index (χ0v) is 12.7. The number of carbonyl (C=O) groups is 1. The average molecular weight is 310 g/mol. The second-order valence-corrected chi connectivity index (χ2v) is 5.95. The molecule has 0 saturated heterocycles. The Bertz CT molecular complexity index is 801. The van der Waals surface area contributed by atoms with Gasteiger partial charge in [0, 0.05) is 24.6 Å². The molecule has 118 valence electrons. The zero-order valence-electron chi connectivity index (χ0n) is 12.7. The number of fused-ring (bicyclic) bond motifs is 1. The predicted octanol–water partition coefficient (Wildman–Crippen LogP) is 1.84. The van der Waals surface area contributed by atoms with Gasteiger partial charge in [-0.05, 0) is 43.9 Å². The third kappa shape index (κ3) is 2.69. The first-order valence-electron chi connectivity index (χ1n) is 7.89. The van der Waals surface area contributed by atoms with Crippen molar-refractivity contribution in [2.24, 2.45) is 0 Å². The third-order valence-corrected chi connectivity index (χ3v) is 4.50. The van der Waals surface area contributed by atoms with Gasteiger partial charge in [-0.2, -0.15) is 5.10 Å². The first-order chi connectivity index (χ1) is 11.3. The number of nitrogens with zero attached hydrogens (tertiary/aromatic N) is 5. The molecule has 0 atom stereocenters.